The molecule has 0 aromatic rings. The molecule has 0 bridgehead atoms. The largest absolute Gasteiger partial charge is 0.465 e. The fourth-order valence-corrected chi connectivity index (χ4v) is 6.64. The van der Waals surface area contributed by atoms with Crippen LogP contribution in [0.1, 0.15) is 227 Å². The van der Waals surface area contributed by atoms with Crippen LogP contribution in [0.25, 0.3) is 0 Å². The highest BCUT2D eigenvalue weighted by Gasteiger charge is 2.26. The number of hydrogen-bond donors (Lipinski definition) is 0. The molecule has 0 unspecified atom stereocenters. The van der Waals surface area contributed by atoms with Crippen LogP contribution in [0.3, 0.4) is 0 Å². The van der Waals surface area contributed by atoms with Gasteiger partial charge in [-0.2, -0.15) is 0 Å². The molecule has 0 amide bonds. The third-order valence-corrected chi connectivity index (χ3v) is 9.49. The smallest absolute Gasteiger partial charge is 0.308 e. The molecule has 0 radical (unpaired) electrons. The highest BCUT2D eigenvalue weighted by atomic mass is 35.5. The maximum atomic E-state index is 12.6. The van der Waals surface area contributed by atoms with Crippen LogP contribution >= 0.6 is 11.6 Å². The van der Waals surface area contributed by atoms with Gasteiger partial charge in [-0.3, -0.25) is 19.2 Å². The van der Waals surface area contributed by atoms with Crippen molar-refractivity contribution >= 4 is 34.8 Å². The van der Waals surface area contributed by atoms with Gasteiger partial charge in [-0.05, 0) is 29.9 Å². The quantitative estimate of drug-likeness (QED) is 0.0272. The van der Waals surface area contributed by atoms with Crippen LogP contribution in [0.15, 0.2) is 0 Å². The summed E-state index contributed by atoms with van der Waals surface area (Å²) in [6.07, 6.45) is 31.4. The van der Waals surface area contributed by atoms with E-state index in [4.69, 9.17) is 25.8 Å². The molecule has 0 rings (SSSR count). The lowest BCUT2D eigenvalue weighted by atomic mass is 9.86. The molecule has 0 aromatic heterocycles. The van der Waals surface area contributed by atoms with Crippen molar-refractivity contribution < 1.29 is 33.4 Å². The lowest BCUT2D eigenvalue weighted by Crippen LogP contribution is -2.27. The molecule has 0 spiro atoms. The Labute approximate surface area is 312 Å². The molecule has 0 heterocycles. The molecule has 0 aliphatic carbocycles. The van der Waals surface area contributed by atoms with Gasteiger partial charge < -0.3 is 14.2 Å². The number of halogens is 1. The highest BCUT2D eigenvalue weighted by Crippen LogP contribution is 2.27. The van der Waals surface area contributed by atoms with E-state index in [0.717, 1.165) is 38.5 Å². The van der Waals surface area contributed by atoms with Crippen LogP contribution in [0.4, 0.5) is 0 Å². The molecule has 0 atom stereocenters. The first-order valence-electron chi connectivity index (χ1n) is 20.8. The van der Waals surface area contributed by atoms with E-state index in [1.54, 1.807) is 13.8 Å². The van der Waals surface area contributed by atoms with Gasteiger partial charge in [-0.15, -0.1) is 0 Å². The van der Waals surface area contributed by atoms with Crippen LogP contribution in [-0.2, 0) is 33.4 Å². The lowest BCUT2D eigenvalue weighted by molar-refractivity contribution is -0.191. The average molecular weight is 730 g/mol. The normalized spacial score (nSPS) is 11.6. The number of carbonyl (C=O) groups is 4. The maximum absolute atomic E-state index is 12.6. The van der Waals surface area contributed by atoms with Crippen LogP contribution in [0, 0.1) is 5.41 Å². The zero-order chi connectivity index (χ0) is 37.1. The lowest BCUT2D eigenvalue weighted by Gasteiger charge is -2.22. The van der Waals surface area contributed by atoms with E-state index in [0.29, 0.717) is 0 Å². The van der Waals surface area contributed by atoms with E-state index < -0.39 is 34.9 Å². The Morgan fingerprint density at radius 2 is 0.800 bits per heavy atom. The van der Waals surface area contributed by atoms with E-state index in [2.05, 4.69) is 13.8 Å². The second kappa shape index (κ2) is 34.5. The van der Waals surface area contributed by atoms with Crippen LogP contribution < -0.4 is 0 Å². The van der Waals surface area contributed by atoms with Gasteiger partial charge in [0.2, 0.25) is 5.24 Å². The summed E-state index contributed by atoms with van der Waals surface area (Å²) in [4.78, 5) is 48.9. The predicted molar refractivity (Wildman–Crippen MR) is 206 cm³/mol. The van der Waals surface area contributed by atoms with E-state index in [1.807, 2.05) is 0 Å². The number of hydrogen-bond acceptors (Lipinski definition) is 7. The summed E-state index contributed by atoms with van der Waals surface area (Å²) in [5, 5.41) is -0.506. The first-order valence-corrected chi connectivity index (χ1v) is 21.2. The minimum absolute atomic E-state index is 0.0216. The average Bonchev–Trinajstić information content (AvgIpc) is 3.04. The molecular formula is C42H77ClO7. The Hall–Kier alpha value is -1.63. The molecule has 0 saturated carbocycles. The molecular weight excluding hydrogens is 652 g/mol. The van der Waals surface area contributed by atoms with Crippen LogP contribution in [0.2, 0.25) is 0 Å². The molecule has 50 heavy (non-hydrogen) atoms. The maximum Gasteiger partial charge on any atom is 0.308 e. The Morgan fingerprint density at radius 1 is 0.480 bits per heavy atom. The third kappa shape index (κ3) is 34.8. The zero-order valence-corrected chi connectivity index (χ0v) is 33.7. The molecule has 0 aromatic carbocycles. The van der Waals surface area contributed by atoms with Gasteiger partial charge in [0.15, 0.2) is 0 Å². The first-order chi connectivity index (χ1) is 24.1. The summed E-state index contributed by atoms with van der Waals surface area (Å²) in [6.45, 7) is 7.98. The van der Waals surface area contributed by atoms with E-state index in [-0.39, 0.29) is 38.7 Å². The van der Waals surface area contributed by atoms with E-state index >= 15 is 0 Å². The highest BCUT2D eigenvalue weighted by molar-refractivity contribution is 6.63. The summed E-state index contributed by atoms with van der Waals surface area (Å²) in [6, 6.07) is 0. The monoisotopic (exact) mass is 729 g/mol. The molecule has 0 fully saturated rings. The van der Waals surface area contributed by atoms with Crippen molar-refractivity contribution in [3.63, 3.8) is 0 Å². The standard InChI is InChI=1S/C42H77ClO7/c1-5-7-9-11-13-15-17-19-21-23-25-27-29-31-38(45)49-41(33-34-48-40(47)36-42(3,4)35-37(43)44)50-39(46)32-30-28-26-24-22-20-18-16-14-12-10-8-6-2/h41H,5-36H2,1-4H3. The Kier molecular flexibility index (Phi) is 33.3. The number of carbonyl (C=O) groups excluding carboxylic acids is 4. The van der Waals surface area contributed by atoms with Gasteiger partial charge in [-0.25, -0.2) is 0 Å². The first kappa shape index (κ1) is 48.4. The van der Waals surface area contributed by atoms with Gasteiger partial charge >= 0.3 is 17.9 Å². The predicted octanol–water partition coefficient (Wildman–Crippen LogP) is 12.9. The fraction of sp³-hybridized carbons (Fsp3) is 0.905. The molecule has 0 saturated heterocycles. The Bertz CT molecular complexity index is 800. The van der Waals surface area contributed by atoms with Gasteiger partial charge in [0.05, 0.1) is 19.4 Å². The van der Waals surface area contributed by atoms with Crippen molar-refractivity contribution in [1.29, 1.82) is 0 Å². The van der Waals surface area contributed by atoms with Crippen molar-refractivity contribution in [2.45, 2.75) is 233 Å². The summed E-state index contributed by atoms with van der Waals surface area (Å²) >= 11 is 5.50. The number of ether oxygens (including phenoxy) is 3. The van der Waals surface area contributed by atoms with Gasteiger partial charge in [-0.1, -0.05) is 182 Å². The Morgan fingerprint density at radius 3 is 1.12 bits per heavy atom. The number of unbranched alkanes of at least 4 members (excludes halogenated alkanes) is 24. The molecule has 0 N–H and O–H groups in total. The second-order valence-electron chi connectivity index (χ2n) is 15.3. The van der Waals surface area contributed by atoms with E-state index in [1.165, 1.54) is 128 Å². The van der Waals surface area contributed by atoms with Gasteiger partial charge in [0.25, 0.3) is 6.29 Å². The number of esters is 3. The van der Waals surface area contributed by atoms with Crippen molar-refractivity contribution in [3.05, 3.63) is 0 Å². The SMILES string of the molecule is CCCCCCCCCCCCCCCC(=O)OC(CCOC(=O)CC(C)(C)CC(=O)Cl)OC(=O)CCCCCCCCCCCCCCC. The fourth-order valence-electron chi connectivity index (χ4n) is 6.28. The third-order valence-electron chi connectivity index (χ3n) is 9.35. The Balaban J connectivity index is 4.40. The molecule has 0 aliphatic rings. The van der Waals surface area contributed by atoms with E-state index in [9.17, 15) is 19.2 Å². The summed E-state index contributed by atoms with van der Waals surface area (Å²) in [7, 11) is 0. The minimum Gasteiger partial charge on any atom is -0.465 e. The van der Waals surface area contributed by atoms with Crippen molar-refractivity contribution in [2.75, 3.05) is 6.61 Å². The summed E-state index contributed by atoms with van der Waals surface area (Å²) in [5.41, 5.74) is -0.629. The molecule has 294 valence electrons. The zero-order valence-electron chi connectivity index (χ0n) is 32.9. The number of rotatable bonds is 37. The summed E-state index contributed by atoms with van der Waals surface area (Å²) in [5.74, 6) is -1.29. The molecule has 8 heteroatoms. The topological polar surface area (TPSA) is 96.0 Å². The minimum atomic E-state index is -1.09. The molecule has 7 nitrogen and oxygen atoms in total. The van der Waals surface area contributed by atoms with Crippen LogP contribution in [-0.4, -0.2) is 36.0 Å². The van der Waals surface area contributed by atoms with Crippen molar-refractivity contribution in [1.82, 2.24) is 0 Å². The van der Waals surface area contributed by atoms with Gasteiger partial charge in [0, 0.05) is 19.3 Å². The summed E-state index contributed by atoms with van der Waals surface area (Å²) < 4.78 is 16.4. The second-order valence-corrected chi connectivity index (χ2v) is 15.7. The van der Waals surface area contributed by atoms with Crippen molar-refractivity contribution in [3.8, 4) is 0 Å². The molecule has 0 aliphatic heterocycles. The van der Waals surface area contributed by atoms with Crippen molar-refractivity contribution in [2.24, 2.45) is 5.41 Å². The van der Waals surface area contributed by atoms with Crippen LogP contribution in [0.5, 0.6) is 0 Å². The van der Waals surface area contributed by atoms with Gasteiger partial charge in [0.1, 0.15) is 0 Å².